The van der Waals surface area contributed by atoms with E-state index < -0.39 is 0 Å². The average Bonchev–Trinajstić information content (AvgIpc) is 3.29. The van der Waals surface area contributed by atoms with Crippen LogP contribution in [0.5, 0.6) is 11.5 Å². The Bertz CT molecular complexity index is 640. The van der Waals surface area contributed by atoms with Crippen molar-refractivity contribution < 1.29 is 14.3 Å². The Hall–Kier alpha value is -2.01. The van der Waals surface area contributed by atoms with Crippen LogP contribution in [-0.2, 0) is 4.79 Å². The Morgan fingerprint density at radius 2 is 2.08 bits per heavy atom. The molecule has 1 atom stereocenters. The molecular formula is C20H28N2O3. The number of likely N-dealkylation sites (N-methyl/N-ethyl adjacent to an activating group) is 1. The Morgan fingerprint density at radius 3 is 2.84 bits per heavy atom. The second-order valence-electron chi connectivity index (χ2n) is 6.80. The van der Waals surface area contributed by atoms with E-state index in [1.165, 1.54) is 12.8 Å². The van der Waals surface area contributed by atoms with Gasteiger partial charge < -0.3 is 14.4 Å². The lowest BCUT2D eigenvalue weighted by Crippen LogP contribution is -2.40. The Morgan fingerprint density at radius 1 is 1.32 bits per heavy atom. The zero-order valence-electron chi connectivity index (χ0n) is 15.4. The van der Waals surface area contributed by atoms with Crippen LogP contribution in [0.4, 0.5) is 0 Å². The normalized spacial score (nSPS) is 19.9. The molecule has 1 unspecified atom stereocenters. The number of nitrogens with zero attached hydrogens (tertiary/aromatic N) is 2. The van der Waals surface area contributed by atoms with E-state index >= 15 is 0 Å². The summed E-state index contributed by atoms with van der Waals surface area (Å²) in [6, 6.07) is 6.64. The third kappa shape index (κ3) is 3.98. The van der Waals surface area contributed by atoms with Gasteiger partial charge in [0.15, 0.2) is 11.5 Å². The topological polar surface area (TPSA) is 42.0 Å². The van der Waals surface area contributed by atoms with Gasteiger partial charge in [0.2, 0.25) is 12.7 Å². The average molecular weight is 344 g/mol. The predicted molar refractivity (Wildman–Crippen MR) is 98.7 cm³/mol. The molecular weight excluding hydrogens is 316 g/mol. The molecule has 0 radical (unpaired) electrons. The molecule has 1 aromatic carbocycles. The van der Waals surface area contributed by atoms with Gasteiger partial charge in [0, 0.05) is 38.3 Å². The van der Waals surface area contributed by atoms with E-state index in [1.807, 2.05) is 36.2 Å². The van der Waals surface area contributed by atoms with Crippen LogP contribution < -0.4 is 9.47 Å². The quantitative estimate of drug-likeness (QED) is 0.744. The van der Waals surface area contributed by atoms with Gasteiger partial charge in [-0.2, -0.15) is 0 Å². The van der Waals surface area contributed by atoms with Crippen molar-refractivity contribution in [3.63, 3.8) is 0 Å². The minimum absolute atomic E-state index is 0.0501. The summed E-state index contributed by atoms with van der Waals surface area (Å²) in [6.45, 7) is 6.81. The summed E-state index contributed by atoms with van der Waals surface area (Å²) in [6.07, 6.45) is 6.89. The van der Waals surface area contributed by atoms with Crippen molar-refractivity contribution in [3.8, 4) is 11.5 Å². The Balaban J connectivity index is 1.57. The fraction of sp³-hybridized carbons (Fsp3) is 0.550. The van der Waals surface area contributed by atoms with Gasteiger partial charge in [0.05, 0.1) is 0 Å². The third-order valence-electron chi connectivity index (χ3n) is 5.36. The Kier molecular flexibility index (Phi) is 5.63. The lowest BCUT2D eigenvalue weighted by atomic mass is 10.1. The van der Waals surface area contributed by atoms with Crippen molar-refractivity contribution in [3.05, 3.63) is 29.8 Å². The summed E-state index contributed by atoms with van der Waals surface area (Å²) < 4.78 is 10.7. The molecule has 0 bridgehead atoms. The van der Waals surface area contributed by atoms with E-state index in [9.17, 15) is 4.79 Å². The molecule has 1 aromatic rings. The van der Waals surface area contributed by atoms with Gasteiger partial charge in [-0.05, 0) is 43.0 Å². The highest BCUT2D eigenvalue weighted by atomic mass is 16.7. The standard InChI is InChI=1S/C20H28N2O3/c1-4-16(5-2)22-11-10-17(13-22)21(3)20(23)9-7-15-6-8-18-19(12-15)25-14-24-18/h6-9,12,16-17H,4-5,10-11,13-14H2,1-3H3. The number of benzene rings is 1. The molecule has 1 fully saturated rings. The van der Waals surface area contributed by atoms with Gasteiger partial charge in [-0.1, -0.05) is 19.9 Å². The van der Waals surface area contributed by atoms with Crippen molar-refractivity contribution >= 4 is 12.0 Å². The number of ether oxygens (including phenoxy) is 2. The van der Waals surface area contributed by atoms with Gasteiger partial charge in [-0.3, -0.25) is 9.69 Å². The molecule has 0 N–H and O–H groups in total. The second kappa shape index (κ2) is 7.91. The van der Waals surface area contributed by atoms with Crippen LogP contribution in [0.2, 0.25) is 0 Å². The van der Waals surface area contributed by atoms with E-state index in [-0.39, 0.29) is 12.7 Å². The van der Waals surface area contributed by atoms with E-state index in [4.69, 9.17) is 9.47 Å². The van der Waals surface area contributed by atoms with Crippen LogP contribution in [0, 0.1) is 0 Å². The van der Waals surface area contributed by atoms with E-state index in [1.54, 1.807) is 6.08 Å². The molecule has 0 aliphatic carbocycles. The van der Waals surface area contributed by atoms with Gasteiger partial charge in [-0.15, -0.1) is 0 Å². The molecule has 2 aliphatic rings. The molecule has 1 saturated heterocycles. The highest BCUT2D eigenvalue weighted by molar-refractivity contribution is 5.92. The molecule has 0 spiro atoms. The van der Waals surface area contributed by atoms with Crippen LogP contribution in [0.3, 0.4) is 0 Å². The fourth-order valence-electron chi connectivity index (χ4n) is 3.70. The third-order valence-corrected chi connectivity index (χ3v) is 5.36. The SMILES string of the molecule is CCC(CC)N1CCC(N(C)C(=O)C=Cc2ccc3c(c2)OCO3)C1. The number of carbonyl (C=O) groups is 1. The Labute approximate surface area is 150 Å². The number of hydrogen-bond acceptors (Lipinski definition) is 4. The maximum absolute atomic E-state index is 12.5. The molecule has 2 aliphatic heterocycles. The second-order valence-corrected chi connectivity index (χ2v) is 6.80. The zero-order valence-corrected chi connectivity index (χ0v) is 15.4. The molecule has 136 valence electrons. The van der Waals surface area contributed by atoms with Gasteiger partial charge in [0.25, 0.3) is 0 Å². The summed E-state index contributed by atoms with van der Waals surface area (Å²) in [5, 5.41) is 0. The summed E-state index contributed by atoms with van der Waals surface area (Å²) in [5.74, 6) is 1.54. The van der Waals surface area contributed by atoms with Crippen molar-refractivity contribution in [1.29, 1.82) is 0 Å². The molecule has 25 heavy (non-hydrogen) atoms. The van der Waals surface area contributed by atoms with Crippen LogP contribution >= 0.6 is 0 Å². The highest BCUT2D eigenvalue weighted by Gasteiger charge is 2.30. The summed E-state index contributed by atoms with van der Waals surface area (Å²) in [4.78, 5) is 16.9. The monoisotopic (exact) mass is 344 g/mol. The number of fused-ring (bicyclic) bond motifs is 1. The number of hydrogen-bond donors (Lipinski definition) is 0. The molecule has 5 heteroatoms. The summed E-state index contributed by atoms with van der Waals surface area (Å²) in [5.41, 5.74) is 0.941. The summed E-state index contributed by atoms with van der Waals surface area (Å²) >= 11 is 0. The van der Waals surface area contributed by atoms with Crippen LogP contribution in [0.15, 0.2) is 24.3 Å². The predicted octanol–water partition coefficient (Wildman–Crippen LogP) is 3.15. The smallest absolute Gasteiger partial charge is 0.246 e. The largest absolute Gasteiger partial charge is 0.454 e. The number of carbonyl (C=O) groups excluding carboxylic acids is 1. The molecule has 5 nitrogen and oxygen atoms in total. The van der Waals surface area contributed by atoms with Crippen molar-refractivity contribution in [2.75, 3.05) is 26.9 Å². The molecule has 2 heterocycles. The highest BCUT2D eigenvalue weighted by Crippen LogP contribution is 2.32. The van der Waals surface area contributed by atoms with Gasteiger partial charge in [-0.25, -0.2) is 0 Å². The zero-order chi connectivity index (χ0) is 17.8. The first kappa shape index (κ1) is 17.8. The van der Waals surface area contributed by atoms with Crippen molar-refractivity contribution in [2.45, 2.75) is 45.2 Å². The van der Waals surface area contributed by atoms with E-state index in [2.05, 4.69) is 18.7 Å². The number of amides is 1. The number of rotatable bonds is 6. The van der Waals surface area contributed by atoms with Gasteiger partial charge in [0.1, 0.15) is 0 Å². The minimum atomic E-state index is 0.0501. The first-order chi connectivity index (χ1) is 12.1. The maximum atomic E-state index is 12.5. The lowest BCUT2D eigenvalue weighted by Gasteiger charge is -2.28. The minimum Gasteiger partial charge on any atom is -0.454 e. The van der Waals surface area contributed by atoms with Crippen LogP contribution in [0.1, 0.15) is 38.7 Å². The van der Waals surface area contributed by atoms with Crippen LogP contribution in [-0.4, -0.2) is 54.7 Å². The summed E-state index contributed by atoms with van der Waals surface area (Å²) in [7, 11) is 1.91. The van der Waals surface area contributed by atoms with Gasteiger partial charge >= 0.3 is 0 Å². The van der Waals surface area contributed by atoms with Crippen molar-refractivity contribution in [2.24, 2.45) is 0 Å². The number of likely N-dealkylation sites (tertiary alicyclic amines) is 1. The molecule has 3 rings (SSSR count). The molecule has 0 aromatic heterocycles. The van der Waals surface area contributed by atoms with Crippen molar-refractivity contribution in [1.82, 2.24) is 9.80 Å². The fourth-order valence-corrected chi connectivity index (χ4v) is 3.70. The first-order valence-corrected chi connectivity index (χ1v) is 9.21. The van der Waals surface area contributed by atoms with E-state index in [0.29, 0.717) is 12.1 Å². The lowest BCUT2D eigenvalue weighted by molar-refractivity contribution is -0.126. The molecule has 0 saturated carbocycles. The maximum Gasteiger partial charge on any atom is 0.246 e. The molecule has 1 amide bonds. The first-order valence-electron chi connectivity index (χ1n) is 9.21. The van der Waals surface area contributed by atoms with Crippen LogP contribution in [0.25, 0.3) is 6.08 Å². The van der Waals surface area contributed by atoms with E-state index in [0.717, 1.165) is 36.6 Å².